The lowest BCUT2D eigenvalue weighted by Gasteiger charge is -2.11. The minimum absolute atomic E-state index is 0.135. The van der Waals surface area contributed by atoms with Crippen molar-refractivity contribution in [3.05, 3.63) is 39.4 Å². The van der Waals surface area contributed by atoms with Crippen LogP contribution < -0.4 is 0 Å². The van der Waals surface area contributed by atoms with E-state index in [4.69, 9.17) is 16.3 Å². The summed E-state index contributed by atoms with van der Waals surface area (Å²) >= 11 is 5.84. The third-order valence-corrected chi connectivity index (χ3v) is 2.65. The summed E-state index contributed by atoms with van der Waals surface area (Å²) in [6.45, 7) is 0.180. The molecule has 0 amide bonds. The van der Waals surface area contributed by atoms with E-state index >= 15 is 0 Å². The number of alkyl halides is 4. The standard InChI is InChI=1S/C11H11ClF3NO3/c1-19-6-8(12)4-7-2-3-10(16(17)18)9(5-7)11(13,14)15/h2-3,5,8H,4,6H2,1H3. The van der Waals surface area contributed by atoms with Crippen molar-refractivity contribution in [2.45, 2.75) is 18.0 Å². The number of nitro benzene ring substituents is 1. The number of methoxy groups -OCH3 is 1. The predicted octanol–water partition coefficient (Wildman–Crippen LogP) is 3.41. The quantitative estimate of drug-likeness (QED) is 0.475. The number of benzene rings is 1. The molecule has 0 aliphatic rings. The second-order valence-corrected chi connectivity index (χ2v) is 4.48. The molecule has 0 fully saturated rings. The smallest absolute Gasteiger partial charge is 0.383 e. The molecule has 0 aliphatic carbocycles. The first-order valence-corrected chi connectivity index (χ1v) is 5.67. The van der Waals surface area contributed by atoms with Gasteiger partial charge >= 0.3 is 6.18 Å². The van der Waals surface area contributed by atoms with E-state index in [9.17, 15) is 23.3 Å². The molecule has 19 heavy (non-hydrogen) atoms. The van der Waals surface area contributed by atoms with Gasteiger partial charge in [-0.15, -0.1) is 11.6 Å². The normalized spacial score (nSPS) is 13.3. The molecule has 1 unspecified atom stereocenters. The Morgan fingerprint density at radius 1 is 1.47 bits per heavy atom. The van der Waals surface area contributed by atoms with Crippen LogP contribution in [0.15, 0.2) is 18.2 Å². The van der Waals surface area contributed by atoms with Crippen molar-refractivity contribution in [2.24, 2.45) is 0 Å². The van der Waals surface area contributed by atoms with E-state index in [2.05, 4.69) is 0 Å². The minimum Gasteiger partial charge on any atom is -0.383 e. The van der Waals surface area contributed by atoms with E-state index in [1.54, 1.807) is 0 Å². The van der Waals surface area contributed by atoms with Gasteiger partial charge in [-0.3, -0.25) is 10.1 Å². The average Bonchev–Trinajstić information content (AvgIpc) is 2.27. The number of ether oxygens (including phenoxy) is 1. The molecule has 0 N–H and O–H groups in total. The maximum atomic E-state index is 12.7. The lowest BCUT2D eigenvalue weighted by Crippen LogP contribution is -2.13. The van der Waals surface area contributed by atoms with Gasteiger partial charge in [-0.2, -0.15) is 13.2 Å². The SMILES string of the molecule is COCC(Cl)Cc1ccc([N+](=O)[O-])c(C(F)(F)F)c1. The van der Waals surface area contributed by atoms with Gasteiger partial charge in [0.2, 0.25) is 0 Å². The molecule has 106 valence electrons. The van der Waals surface area contributed by atoms with Crippen LogP contribution >= 0.6 is 11.6 Å². The van der Waals surface area contributed by atoms with Gasteiger partial charge in [0.15, 0.2) is 0 Å². The molecule has 1 atom stereocenters. The molecule has 0 bridgehead atoms. The van der Waals surface area contributed by atoms with Gasteiger partial charge in [0.25, 0.3) is 5.69 Å². The van der Waals surface area contributed by atoms with E-state index in [1.807, 2.05) is 0 Å². The monoisotopic (exact) mass is 297 g/mol. The molecule has 0 aliphatic heterocycles. The van der Waals surface area contributed by atoms with Crippen LogP contribution in [0, 0.1) is 10.1 Å². The van der Waals surface area contributed by atoms with Crippen molar-refractivity contribution in [3.63, 3.8) is 0 Å². The number of hydrogen-bond acceptors (Lipinski definition) is 3. The largest absolute Gasteiger partial charge is 0.423 e. The Kier molecular flexibility index (Phi) is 5.13. The predicted molar refractivity (Wildman–Crippen MR) is 63.3 cm³/mol. The maximum Gasteiger partial charge on any atom is 0.423 e. The molecular weight excluding hydrogens is 287 g/mol. The van der Waals surface area contributed by atoms with E-state index < -0.39 is 27.7 Å². The molecule has 8 heteroatoms. The first-order chi connectivity index (χ1) is 8.75. The number of nitro groups is 1. The lowest BCUT2D eigenvalue weighted by atomic mass is 10.0. The molecule has 0 radical (unpaired) electrons. The highest BCUT2D eigenvalue weighted by Crippen LogP contribution is 2.36. The second kappa shape index (κ2) is 6.21. The number of halogens is 4. The molecule has 0 saturated heterocycles. The summed E-state index contributed by atoms with van der Waals surface area (Å²) in [5, 5.41) is 10.1. The van der Waals surface area contributed by atoms with E-state index in [-0.39, 0.29) is 18.6 Å². The fourth-order valence-corrected chi connectivity index (χ4v) is 1.90. The Hall–Kier alpha value is -1.34. The number of rotatable bonds is 5. The van der Waals surface area contributed by atoms with Crippen LogP contribution in [0.3, 0.4) is 0 Å². The van der Waals surface area contributed by atoms with Gasteiger partial charge in [0.05, 0.1) is 16.9 Å². The van der Waals surface area contributed by atoms with Gasteiger partial charge in [-0.25, -0.2) is 0 Å². The molecule has 0 aromatic heterocycles. The highest BCUT2D eigenvalue weighted by molar-refractivity contribution is 6.20. The van der Waals surface area contributed by atoms with Gasteiger partial charge < -0.3 is 4.74 Å². The summed E-state index contributed by atoms with van der Waals surface area (Å²) in [5.74, 6) is 0. The molecule has 1 aromatic carbocycles. The van der Waals surface area contributed by atoms with Gasteiger partial charge in [-0.05, 0) is 18.1 Å². The van der Waals surface area contributed by atoms with Crippen LogP contribution in [0.4, 0.5) is 18.9 Å². The van der Waals surface area contributed by atoms with Gasteiger partial charge in [0.1, 0.15) is 5.56 Å². The first-order valence-electron chi connectivity index (χ1n) is 5.23. The van der Waals surface area contributed by atoms with Crippen molar-refractivity contribution >= 4 is 17.3 Å². The number of nitrogens with zero attached hydrogens (tertiary/aromatic N) is 1. The molecule has 1 aromatic rings. The Morgan fingerprint density at radius 3 is 2.58 bits per heavy atom. The van der Waals surface area contributed by atoms with Gasteiger partial charge in [0, 0.05) is 13.2 Å². The van der Waals surface area contributed by atoms with Crippen LogP contribution in [0.2, 0.25) is 0 Å². The molecule has 0 spiro atoms. The topological polar surface area (TPSA) is 52.4 Å². The summed E-state index contributed by atoms with van der Waals surface area (Å²) in [6.07, 6.45) is -4.64. The Balaban J connectivity index is 3.09. The highest BCUT2D eigenvalue weighted by Gasteiger charge is 2.38. The minimum atomic E-state index is -4.78. The van der Waals surface area contributed by atoms with Crippen LogP contribution in [0.1, 0.15) is 11.1 Å². The molecule has 0 heterocycles. The van der Waals surface area contributed by atoms with Crippen molar-refractivity contribution in [1.29, 1.82) is 0 Å². The van der Waals surface area contributed by atoms with Crippen LogP contribution in [0.5, 0.6) is 0 Å². The first kappa shape index (κ1) is 15.7. The van der Waals surface area contributed by atoms with Crippen molar-refractivity contribution in [2.75, 3.05) is 13.7 Å². The summed E-state index contributed by atoms with van der Waals surface area (Å²) in [5.41, 5.74) is -1.96. The third kappa shape index (κ3) is 4.36. The van der Waals surface area contributed by atoms with Crippen molar-refractivity contribution in [1.82, 2.24) is 0 Å². The molecular formula is C11H11ClF3NO3. The second-order valence-electron chi connectivity index (χ2n) is 3.86. The maximum absolute atomic E-state index is 12.7. The zero-order chi connectivity index (χ0) is 14.6. The Morgan fingerprint density at radius 2 is 2.11 bits per heavy atom. The molecule has 1 rings (SSSR count). The molecule has 0 saturated carbocycles. The fraction of sp³-hybridized carbons (Fsp3) is 0.455. The lowest BCUT2D eigenvalue weighted by molar-refractivity contribution is -0.388. The van der Waals surface area contributed by atoms with Crippen molar-refractivity contribution < 1.29 is 22.8 Å². The highest BCUT2D eigenvalue weighted by atomic mass is 35.5. The zero-order valence-corrected chi connectivity index (χ0v) is 10.7. The summed E-state index contributed by atoms with van der Waals surface area (Å²) in [6, 6.07) is 2.86. The van der Waals surface area contributed by atoms with E-state index in [1.165, 1.54) is 13.2 Å². The molecule has 4 nitrogen and oxygen atoms in total. The zero-order valence-electron chi connectivity index (χ0n) is 9.91. The fourth-order valence-electron chi connectivity index (χ4n) is 1.59. The summed E-state index contributed by atoms with van der Waals surface area (Å²) < 4.78 is 42.9. The van der Waals surface area contributed by atoms with E-state index in [0.717, 1.165) is 12.1 Å². The van der Waals surface area contributed by atoms with Crippen LogP contribution in [-0.4, -0.2) is 24.0 Å². The third-order valence-electron chi connectivity index (χ3n) is 2.37. The summed E-state index contributed by atoms with van der Waals surface area (Å²) in [7, 11) is 1.42. The average molecular weight is 298 g/mol. The Bertz CT molecular complexity index is 465. The Labute approximate surface area is 112 Å². The summed E-state index contributed by atoms with van der Waals surface area (Å²) in [4.78, 5) is 9.51. The van der Waals surface area contributed by atoms with Crippen molar-refractivity contribution in [3.8, 4) is 0 Å². The van der Waals surface area contributed by atoms with E-state index in [0.29, 0.717) is 0 Å². The van der Waals surface area contributed by atoms with Gasteiger partial charge in [-0.1, -0.05) is 6.07 Å². The van der Waals surface area contributed by atoms with Crippen LogP contribution in [0.25, 0.3) is 0 Å². The van der Waals surface area contributed by atoms with Crippen LogP contribution in [-0.2, 0) is 17.3 Å². The number of hydrogen-bond donors (Lipinski definition) is 0.